The van der Waals surface area contributed by atoms with Crippen molar-refractivity contribution in [3.63, 3.8) is 0 Å². The molecule has 31 heavy (non-hydrogen) atoms. The number of hydrogen-bond acceptors (Lipinski definition) is 6. The van der Waals surface area contributed by atoms with Gasteiger partial charge in [-0.3, -0.25) is 9.59 Å². The monoisotopic (exact) mass is 438 g/mol. The van der Waals surface area contributed by atoms with Gasteiger partial charge >= 0.3 is 5.97 Å². The van der Waals surface area contributed by atoms with E-state index in [1.165, 1.54) is 6.07 Å². The lowest BCUT2D eigenvalue weighted by molar-refractivity contribution is -0.147. The molecular weight excluding hydrogens is 400 g/mol. The number of aryl methyl sites for hydroxylation is 1. The lowest BCUT2D eigenvalue weighted by Gasteiger charge is -2.22. The van der Waals surface area contributed by atoms with Gasteiger partial charge in [0.25, 0.3) is 6.47 Å². The minimum absolute atomic E-state index is 0.0192. The zero-order valence-electron chi connectivity index (χ0n) is 19.2. The van der Waals surface area contributed by atoms with E-state index in [1.54, 1.807) is 13.8 Å². The molecule has 176 valence electrons. The largest absolute Gasteiger partial charge is 0.507 e. The van der Waals surface area contributed by atoms with Crippen LogP contribution in [0.5, 0.6) is 17.2 Å². The van der Waals surface area contributed by atoms with Crippen LogP contribution < -0.4 is 0 Å². The molecule has 0 aliphatic heterocycles. The summed E-state index contributed by atoms with van der Waals surface area (Å²) in [6.07, 6.45) is 6.97. The van der Waals surface area contributed by atoms with Crippen molar-refractivity contribution < 1.29 is 34.8 Å². The minimum Gasteiger partial charge on any atom is -0.507 e. The summed E-state index contributed by atoms with van der Waals surface area (Å²) in [5.74, 6) is -1.31. The van der Waals surface area contributed by atoms with Crippen LogP contribution in [0.2, 0.25) is 0 Å². The molecule has 0 fully saturated rings. The molecule has 0 spiro atoms. The van der Waals surface area contributed by atoms with E-state index in [2.05, 4.69) is 0 Å². The van der Waals surface area contributed by atoms with E-state index >= 15 is 0 Å². The first-order valence-electron chi connectivity index (χ1n) is 11.0. The fourth-order valence-corrected chi connectivity index (χ4v) is 3.57. The Morgan fingerprint density at radius 1 is 0.903 bits per heavy atom. The second kappa shape index (κ2) is 11.8. The zero-order chi connectivity index (χ0) is 23.7. The smallest absolute Gasteiger partial charge is 0.309 e. The third kappa shape index (κ3) is 8.67. The Hall–Kier alpha value is -2.44. The number of aliphatic carboxylic acids is 1. The summed E-state index contributed by atoms with van der Waals surface area (Å²) in [6, 6.07) is 1.40. The number of benzene rings is 1. The summed E-state index contributed by atoms with van der Waals surface area (Å²) in [7, 11) is 0. The number of carbonyl (C=O) groups is 2. The highest BCUT2D eigenvalue weighted by atomic mass is 16.5. The second-order valence-corrected chi connectivity index (χ2v) is 9.51. The van der Waals surface area contributed by atoms with Gasteiger partial charge in [0, 0.05) is 5.56 Å². The van der Waals surface area contributed by atoms with Gasteiger partial charge in [0.15, 0.2) is 11.5 Å². The number of carbonyl (C=O) groups excluding carboxylic acids is 1. The van der Waals surface area contributed by atoms with Crippen molar-refractivity contribution in [3.8, 4) is 17.2 Å². The average Bonchev–Trinajstić information content (AvgIpc) is 2.67. The van der Waals surface area contributed by atoms with Gasteiger partial charge in [-0.25, -0.2) is 0 Å². The van der Waals surface area contributed by atoms with Crippen molar-refractivity contribution in [2.45, 2.75) is 97.5 Å². The molecule has 1 aromatic rings. The molecule has 0 heterocycles. The Balaban J connectivity index is 2.58. The van der Waals surface area contributed by atoms with E-state index in [-0.39, 0.29) is 17.2 Å². The average molecular weight is 439 g/mol. The number of ether oxygens (including phenoxy) is 1. The molecule has 0 saturated heterocycles. The topological polar surface area (TPSA) is 124 Å². The van der Waals surface area contributed by atoms with Crippen molar-refractivity contribution in [3.05, 3.63) is 17.2 Å². The predicted molar refractivity (Wildman–Crippen MR) is 118 cm³/mol. The first kappa shape index (κ1) is 26.6. The van der Waals surface area contributed by atoms with Crippen molar-refractivity contribution in [1.29, 1.82) is 0 Å². The number of carboxylic acids is 1. The zero-order valence-corrected chi connectivity index (χ0v) is 19.2. The van der Waals surface area contributed by atoms with E-state index in [0.717, 1.165) is 32.1 Å². The highest BCUT2D eigenvalue weighted by Crippen LogP contribution is 2.40. The Kier molecular flexibility index (Phi) is 10.1. The maximum atomic E-state index is 11.2. The van der Waals surface area contributed by atoms with Crippen LogP contribution in [0.4, 0.5) is 0 Å². The Labute approximate surface area is 185 Å². The summed E-state index contributed by atoms with van der Waals surface area (Å²) in [5, 5.41) is 40.0. The maximum Gasteiger partial charge on any atom is 0.309 e. The van der Waals surface area contributed by atoms with Crippen LogP contribution >= 0.6 is 0 Å². The summed E-state index contributed by atoms with van der Waals surface area (Å²) < 4.78 is 5.03. The van der Waals surface area contributed by atoms with Gasteiger partial charge in [-0.05, 0) is 84.3 Å². The third-order valence-corrected chi connectivity index (χ3v) is 5.83. The van der Waals surface area contributed by atoms with E-state index in [9.17, 15) is 24.9 Å². The lowest BCUT2D eigenvalue weighted by atomic mass is 9.87. The quantitative estimate of drug-likeness (QED) is 0.130. The molecule has 7 nitrogen and oxygen atoms in total. The molecule has 0 radical (unpaired) electrons. The fraction of sp³-hybridized carbons (Fsp3) is 0.667. The van der Waals surface area contributed by atoms with Gasteiger partial charge in [0.05, 0.1) is 5.41 Å². The number of rotatable bonds is 15. The molecule has 0 amide bonds. The number of hydrogen-bond donors (Lipinski definition) is 4. The van der Waals surface area contributed by atoms with Crippen LogP contribution in [0.15, 0.2) is 6.07 Å². The molecule has 4 N–H and O–H groups in total. The number of phenolic OH excluding ortho intramolecular Hbond substituents is 3. The Morgan fingerprint density at radius 3 is 2.06 bits per heavy atom. The molecule has 0 aliphatic rings. The van der Waals surface area contributed by atoms with Gasteiger partial charge in [-0.1, -0.05) is 19.3 Å². The van der Waals surface area contributed by atoms with Crippen molar-refractivity contribution in [2.75, 3.05) is 0 Å². The summed E-state index contributed by atoms with van der Waals surface area (Å²) in [5.41, 5.74) is -0.321. The summed E-state index contributed by atoms with van der Waals surface area (Å²) in [6.45, 7) is 7.58. The second-order valence-electron chi connectivity index (χ2n) is 9.51. The molecule has 0 aromatic heterocycles. The molecular formula is C24H38O7. The van der Waals surface area contributed by atoms with Gasteiger partial charge in [-0.15, -0.1) is 0 Å². The number of phenols is 3. The molecule has 1 rings (SSSR count). The highest BCUT2D eigenvalue weighted by Gasteiger charge is 2.26. The van der Waals surface area contributed by atoms with Gasteiger partial charge < -0.3 is 25.2 Å². The lowest BCUT2D eigenvalue weighted by Crippen LogP contribution is -2.23. The standard InChI is InChI=1S/C24H38O7/c1-23(2,22(29)30)13-9-5-7-11-17-15-19(26)21(28)18(20(17)27)12-8-6-10-14-24(3,4)31-16-25/h15-16,26-28H,5-14H2,1-4H3,(H,29,30). The van der Waals surface area contributed by atoms with E-state index < -0.39 is 17.0 Å². The number of unbranched alkanes of at least 4 members (excludes halogenated alkanes) is 4. The molecule has 0 unspecified atom stereocenters. The molecule has 0 atom stereocenters. The molecule has 0 saturated carbocycles. The van der Waals surface area contributed by atoms with Gasteiger partial charge in [-0.2, -0.15) is 0 Å². The summed E-state index contributed by atoms with van der Waals surface area (Å²) in [4.78, 5) is 21.6. The number of carboxylic acid groups (broad SMARTS) is 1. The van der Waals surface area contributed by atoms with Crippen LogP contribution in [0, 0.1) is 5.41 Å². The van der Waals surface area contributed by atoms with Crippen molar-refractivity contribution in [1.82, 2.24) is 0 Å². The van der Waals surface area contributed by atoms with Crippen LogP contribution in [0.1, 0.15) is 90.2 Å². The SMILES string of the molecule is CC(C)(CCCCCc1c(O)c(O)cc(CCCCCC(C)(C)C(=O)O)c1O)OC=O. The van der Waals surface area contributed by atoms with Crippen molar-refractivity contribution in [2.24, 2.45) is 5.41 Å². The fourth-order valence-electron chi connectivity index (χ4n) is 3.57. The molecule has 7 heteroatoms. The van der Waals surface area contributed by atoms with E-state index in [4.69, 9.17) is 9.84 Å². The van der Waals surface area contributed by atoms with E-state index in [0.29, 0.717) is 49.7 Å². The Bertz CT molecular complexity index is 738. The van der Waals surface area contributed by atoms with Gasteiger partial charge in [0.1, 0.15) is 11.4 Å². The Morgan fingerprint density at radius 2 is 1.48 bits per heavy atom. The van der Waals surface area contributed by atoms with Crippen LogP contribution in [-0.2, 0) is 27.2 Å². The van der Waals surface area contributed by atoms with E-state index in [1.807, 2.05) is 13.8 Å². The highest BCUT2D eigenvalue weighted by molar-refractivity contribution is 5.73. The minimum atomic E-state index is -0.807. The number of aromatic hydroxyl groups is 3. The van der Waals surface area contributed by atoms with Crippen LogP contribution in [0.25, 0.3) is 0 Å². The first-order chi connectivity index (χ1) is 14.4. The molecule has 1 aromatic carbocycles. The maximum absolute atomic E-state index is 11.2. The first-order valence-corrected chi connectivity index (χ1v) is 11.0. The van der Waals surface area contributed by atoms with Crippen molar-refractivity contribution >= 4 is 12.4 Å². The predicted octanol–water partition coefficient (Wildman–Crippen LogP) is 5.07. The van der Waals surface area contributed by atoms with Gasteiger partial charge in [0.2, 0.25) is 0 Å². The normalized spacial score (nSPS) is 12.0. The molecule has 0 aliphatic carbocycles. The molecule has 0 bridgehead atoms. The van der Waals surface area contributed by atoms with Crippen LogP contribution in [-0.4, -0.2) is 38.5 Å². The third-order valence-electron chi connectivity index (χ3n) is 5.83. The summed E-state index contributed by atoms with van der Waals surface area (Å²) >= 11 is 0. The van der Waals surface area contributed by atoms with Crippen LogP contribution in [0.3, 0.4) is 0 Å².